The maximum absolute atomic E-state index is 10.9. The lowest BCUT2D eigenvalue weighted by molar-refractivity contribution is 0.0697. The predicted molar refractivity (Wildman–Crippen MR) is 57.6 cm³/mol. The van der Waals surface area contributed by atoms with E-state index in [0.717, 1.165) is 0 Å². The number of aromatic carboxylic acids is 1. The highest BCUT2D eigenvalue weighted by Gasteiger charge is 2.14. The van der Waals surface area contributed by atoms with E-state index in [1.165, 1.54) is 19.4 Å². The number of nitrogens with zero attached hydrogens (tertiary/aromatic N) is 1. The van der Waals surface area contributed by atoms with Crippen molar-refractivity contribution in [2.45, 2.75) is 6.04 Å². The van der Waals surface area contributed by atoms with Crippen LogP contribution in [-0.2, 0) is 4.74 Å². The third-order valence-electron chi connectivity index (χ3n) is 1.97. The van der Waals surface area contributed by atoms with Crippen molar-refractivity contribution in [2.24, 2.45) is 0 Å². The van der Waals surface area contributed by atoms with Crippen LogP contribution in [0.15, 0.2) is 18.3 Å². The number of hydrogen-bond acceptors (Lipinski definition) is 5. The summed E-state index contributed by atoms with van der Waals surface area (Å²) in [6.45, 7) is 0.107. The number of hydrogen-bond donors (Lipinski definition) is 3. The van der Waals surface area contributed by atoms with Crippen LogP contribution in [0.3, 0.4) is 0 Å². The van der Waals surface area contributed by atoms with Crippen LogP contribution in [0, 0.1) is 0 Å². The summed E-state index contributed by atoms with van der Waals surface area (Å²) in [7, 11) is 1.50. The summed E-state index contributed by atoms with van der Waals surface area (Å²) in [6, 6.07) is 2.61. The standard InChI is InChI=1S/C10H14N2O4/c1-16-6-7(5-13)12-9-8(10(14)15)3-2-4-11-9/h2-4,7,13H,5-6H2,1H3,(H,11,12)(H,14,15). The lowest BCUT2D eigenvalue weighted by atomic mass is 10.2. The van der Waals surface area contributed by atoms with Crippen LogP contribution in [0.1, 0.15) is 10.4 Å². The Morgan fingerprint density at radius 2 is 2.44 bits per heavy atom. The van der Waals surface area contributed by atoms with Crippen molar-refractivity contribution in [2.75, 3.05) is 25.6 Å². The molecule has 0 aliphatic heterocycles. The van der Waals surface area contributed by atoms with Crippen LogP contribution in [0.25, 0.3) is 0 Å². The van der Waals surface area contributed by atoms with Crippen LogP contribution in [-0.4, -0.2) is 47.5 Å². The number of carboxylic acids is 1. The number of rotatable bonds is 6. The van der Waals surface area contributed by atoms with Gasteiger partial charge in [0.25, 0.3) is 0 Å². The van der Waals surface area contributed by atoms with Gasteiger partial charge in [0.1, 0.15) is 11.4 Å². The molecule has 0 spiro atoms. The summed E-state index contributed by atoms with van der Waals surface area (Å²) in [5, 5.41) is 20.8. The Hall–Kier alpha value is -1.66. The van der Waals surface area contributed by atoms with Crippen LogP contribution in [0.5, 0.6) is 0 Å². The minimum Gasteiger partial charge on any atom is -0.478 e. The normalized spacial score (nSPS) is 12.1. The van der Waals surface area contributed by atoms with Crippen LogP contribution in [0.2, 0.25) is 0 Å². The van der Waals surface area contributed by atoms with E-state index in [1.54, 1.807) is 6.07 Å². The topological polar surface area (TPSA) is 91.7 Å². The van der Waals surface area contributed by atoms with Crippen LogP contribution >= 0.6 is 0 Å². The third-order valence-corrected chi connectivity index (χ3v) is 1.97. The highest BCUT2D eigenvalue weighted by molar-refractivity contribution is 5.93. The number of anilines is 1. The molecule has 88 valence electrons. The predicted octanol–water partition coefficient (Wildman–Crippen LogP) is 0.199. The average molecular weight is 226 g/mol. The van der Waals surface area contributed by atoms with Crippen LogP contribution < -0.4 is 5.32 Å². The van der Waals surface area contributed by atoms with Crippen molar-refractivity contribution in [3.05, 3.63) is 23.9 Å². The Labute approximate surface area is 92.9 Å². The van der Waals surface area contributed by atoms with E-state index in [1.807, 2.05) is 0 Å². The van der Waals surface area contributed by atoms with E-state index >= 15 is 0 Å². The lowest BCUT2D eigenvalue weighted by Gasteiger charge is -2.16. The number of ether oxygens (including phenoxy) is 1. The number of carboxylic acid groups (broad SMARTS) is 1. The van der Waals surface area contributed by atoms with Gasteiger partial charge in [-0.3, -0.25) is 0 Å². The maximum Gasteiger partial charge on any atom is 0.339 e. The number of pyridine rings is 1. The lowest BCUT2D eigenvalue weighted by Crippen LogP contribution is -2.30. The molecule has 1 atom stereocenters. The second-order valence-electron chi connectivity index (χ2n) is 3.18. The molecule has 0 aromatic carbocycles. The summed E-state index contributed by atoms with van der Waals surface area (Å²) >= 11 is 0. The van der Waals surface area contributed by atoms with Gasteiger partial charge in [0, 0.05) is 13.3 Å². The minimum atomic E-state index is -1.07. The van der Waals surface area contributed by atoms with Gasteiger partial charge in [-0.2, -0.15) is 0 Å². The highest BCUT2D eigenvalue weighted by atomic mass is 16.5. The molecule has 1 unspecified atom stereocenters. The first-order valence-corrected chi connectivity index (χ1v) is 4.73. The molecule has 0 fully saturated rings. The molecule has 0 aliphatic rings. The second kappa shape index (κ2) is 6.04. The summed E-state index contributed by atoms with van der Waals surface area (Å²) in [4.78, 5) is 14.8. The van der Waals surface area contributed by atoms with Gasteiger partial charge in [-0.1, -0.05) is 0 Å². The van der Waals surface area contributed by atoms with Gasteiger partial charge in [0.2, 0.25) is 0 Å². The van der Waals surface area contributed by atoms with E-state index in [-0.39, 0.29) is 30.6 Å². The Morgan fingerprint density at radius 1 is 1.69 bits per heavy atom. The summed E-state index contributed by atoms with van der Waals surface area (Å²) in [5.41, 5.74) is 0.0667. The maximum atomic E-state index is 10.9. The third kappa shape index (κ3) is 3.18. The molecule has 1 aromatic rings. The van der Waals surface area contributed by atoms with E-state index in [0.29, 0.717) is 0 Å². The number of aliphatic hydroxyl groups excluding tert-OH is 1. The molecule has 1 aromatic heterocycles. The fraction of sp³-hybridized carbons (Fsp3) is 0.400. The molecule has 6 heteroatoms. The van der Waals surface area contributed by atoms with Gasteiger partial charge in [-0.15, -0.1) is 0 Å². The zero-order valence-electron chi connectivity index (χ0n) is 8.88. The molecule has 1 heterocycles. The molecule has 3 N–H and O–H groups in total. The smallest absolute Gasteiger partial charge is 0.339 e. The van der Waals surface area contributed by atoms with Gasteiger partial charge in [-0.25, -0.2) is 9.78 Å². The van der Waals surface area contributed by atoms with Gasteiger partial charge in [0.05, 0.1) is 19.3 Å². The monoisotopic (exact) mass is 226 g/mol. The van der Waals surface area contributed by atoms with Crippen molar-refractivity contribution >= 4 is 11.8 Å². The second-order valence-corrected chi connectivity index (χ2v) is 3.18. The number of aliphatic hydroxyl groups is 1. The first-order chi connectivity index (χ1) is 7.69. The summed E-state index contributed by atoms with van der Waals surface area (Å²) in [5.74, 6) is -0.837. The molecule has 0 bridgehead atoms. The largest absolute Gasteiger partial charge is 0.478 e. The first-order valence-electron chi connectivity index (χ1n) is 4.73. The Bertz CT molecular complexity index is 356. The molecule has 16 heavy (non-hydrogen) atoms. The molecule has 6 nitrogen and oxygen atoms in total. The Morgan fingerprint density at radius 3 is 3.00 bits per heavy atom. The van der Waals surface area contributed by atoms with Crippen molar-refractivity contribution in [3.63, 3.8) is 0 Å². The fourth-order valence-corrected chi connectivity index (χ4v) is 1.23. The minimum absolute atomic E-state index is 0.0667. The van der Waals surface area contributed by atoms with Crippen molar-refractivity contribution in [1.29, 1.82) is 0 Å². The van der Waals surface area contributed by atoms with Crippen molar-refractivity contribution < 1.29 is 19.7 Å². The quantitative estimate of drug-likeness (QED) is 0.641. The Kier molecular flexibility index (Phi) is 4.68. The number of nitrogens with one attached hydrogen (secondary N) is 1. The molecular formula is C10H14N2O4. The highest BCUT2D eigenvalue weighted by Crippen LogP contribution is 2.12. The Balaban J connectivity index is 2.82. The van der Waals surface area contributed by atoms with Crippen LogP contribution in [0.4, 0.5) is 5.82 Å². The molecule has 0 radical (unpaired) electrons. The molecule has 0 amide bonds. The van der Waals surface area contributed by atoms with Gasteiger partial charge in [-0.05, 0) is 12.1 Å². The zero-order valence-corrected chi connectivity index (χ0v) is 8.88. The molecule has 0 saturated carbocycles. The van der Waals surface area contributed by atoms with E-state index in [4.69, 9.17) is 14.9 Å². The van der Waals surface area contributed by atoms with Crippen molar-refractivity contribution in [1.82, 2.24) is 4.98 Å². The van der Waals surface area contributed by atoms with Gasteiger partial charge < -0.3 is 20.3 Å². The zero-order chi connectivity index (χ0) is 12.0. The van der Waals surface area contributed by atoms with E-state index in [2.05, 4.69) is 10.3 Å². The number of aromatic nitrogens is 1. The number of methoxy groups -OCH3 is 1. The SMILES string of the molecule is COCC(CO)Nc1ncccc1C(=O)O. The van der Waals surface area contributed by atoms with Gasteiger partial charge in [0.15, 0.2) is 0 Å². The van der Waals surface area contributed by atoms with E-state index in [9.17, 15) is 4.79 Å². The molecule has 0 saturated heterocycles. The number of carbonyl (C=O) groups is 1. The average Bonchev–Trinajstić information content (AvgIpc) is 2.29. The van der Waals surface area contributed by atoms with Crippen molar-refractivity contribution in [3.8, 4) is 0 Å². The molecular weight excluding hydrogens is 212 g/mol. The summed E-state index contributed by atoms with van der Waals surface area (Å²) in [6.07, 6.45) is 1.48. The molecule has 0 aliphatic carbocycles. The first kappa shape index (κ1) is 12.4. The molecule has 1 rings (SSSR count). The van der Waals surface area contributed by atoms with E-state index < -0.39 is 5.97 Å². The van der Waals surface area contributed by atoms with Gasteiger partial charge >= 0.3 is 5.97 Å². The summed E-state index contributed by atoms with van der Waals surface area (Å²) < 4.78 is 4.87. The fourth-order valence-electron chi connectivity index (χ4n) is 1.23.